The van der Waals surface area contributed by atoms with Gasteiger partial charge < -0.3 is 16.0 Å². The van der Waals surface area contributed by atoms with Crippen LogP contribution in [0, 0.1) is 5.92 Å². The van der Waals surface area contributed by atoms with Crippen LogP contribution in [0.3, 0.4) is 0 Å². The van der Waals surface area contributed by atoms with Crippen molar-refractivity contribution in [2.45, 2.75) is 38.6 Å². The Morgan fingerprint density at radius 2 is 2.05 bits per heavy atom. The molecule has 1 aliphatic rings. The Morgan fingerprint density at radius 3 is 2.77 bits per heavy atom. The summed E-state index contributed by atoms with van der Waals surface area (Å²) in [7, 11) is 0. The number of rotatable bonds is 4. The van der Waals surface area contributed by atoms with Crippen molar-refractivity contribution in [1.82, 2.24) is 10.6 Å². The van der Waals surface area contributed by atoms with Crippen LogP contribution in [0.4, 0.5) is 5.69 Å². The number of thiocarbonyl (C=S) groups is 1. The van der Waals surface area contributed by atoms with Crippen LogP contribution >= 0.6 is 28.1 Å². The zero-order valence-electron chi connectivity index (χ0n) is 12.7. The summed E-state index contributed by atoms with van der Waals surface area (Å²) in [5, 5.41) is 9.71. The van der Waals surface area contributed by atoms with Crippen molar-refractivity contribution in [2.24, 2.45) is 5.92 Å². The molecule has 1 fully saturated rings. The Kier molecular flexibility index (Phi) is 6.64. The van der Waals surface area contributed by atoms with E-state index in [0.717, 1.165) is 16.6 Å². The molecule has 1 aliphatic carbocycles. The summed E-state index contributed by atoms with van der Waals surface area (Å²) in [6, 6.07) is 7.94. The Balaban J connectivity index is 1.74. The first-order chi connectivity index (χ1) is 10.6. The number of amides is 1. The third kappa shape index (κ3) is 5.25. The second-order valence-electron chi connectivity index (χ2n) is 5.72. The third-order valence-corrected chi connectivity index (χ3v) is 4.94. The number of para-hydroxylation sites is 1. The predicted molar refractivity (Wildman–Crippen MR) is 97.9 cm³/mol. The summed E-state index contributed by atoms with van der Waals surface area (Å²) >= 11 is 8.69. The number of anilines is 1. The minimum Gasteiger partial charge on any atom is -0.360 e. The van der Waals surface area contributed by atoms with Gasteiger partial charge in [-0.05, 0) is 59.0 Å². The van der Waals surface area contributed by atoms with Gasteiger partial charge >= 0.3 is 0 Å². The van der Waals surface area contributed by atoms with E-state index in [-0.39, 0.29) is 12.5 Å². The monoisotopic (exact) mass is 383 g/mol. The van der Waals surface area contributed by atoms with E-state index in [4.69, 9.17) is 12.2 Å². The lowest BCUT2D eigenvalue weighted by atomic mass is 9.86. The summed E-state index contributed by atoms with van der Waals surface area (Å²) in [6.45, 7) is 2.41. The van der Waals surface area contributed by atoms with Gasteiger partial charge in [0.2, 0.25) is 5.91 Å². The first kappa shape index (κ1) is 17.2. The summed E-state index contributed by atoms with van der Waals surface area (Å²) in [4.78, 5) is 11.9. The Hall–Kier alpha value is -1.14. The van der Waals surface area contributed by atoms with E-state index in [0.29, 0.717) is 17.1 Å². The normalized spacial score (nSPS) is 21.0. The molecule has 0 bridgehead atoms. The van der Waals surface area contributed by atoms with Gasteiger partial charge in [0.1, 0.15) is 0 Å². The molecule has 2 atom stereocenters. The number of hydrogen-bond donors (Lipinski definition) is 3. The van der Waals surface area contributed by atoms with Gasteiger partial charge in [0.05, 0.1) is 12.2 Å². The van der Waals surface area contributed by atoms with Gasteiger partial charge in [-0.1, -0.05) is 31.9 Å². The quantitative estimate of drug-likeness (QED) is 0.697. The number of halogens is 1. The largest absolute Gasteiger partial charge is 0.360 e. The number of hydrogen-bond acceptors (Lipinski definition) is 2. The van der Waals surface area contributed by atoms with Crippen LogP contribution in [-0.4, -0.2) is 23.6 Å². The molecule has 120 valence electrons. The summed E-state index contributed by atoms with van der Waals surface area (Å²) < 4.78 is 0.861. The van der Waals surface area contributed by atoms with E-state index in [1.807, 2.05) is 24.3 Å². The lowest BCUT2D eigenvalue weighted by molar-refractivity contribution is -0.115. The number of benzene rings is 1. The van der Waals surface area contributed by atoms with Crippen molar-refractivity contribution in [3.63, 3.8) is 0 Å². The van der Waals surface area contributed by atoms with Crippen LogP contribution in [-0.2, 0) is 4.79 Å². The Labute approximate surface area is 145 Å². The van der Waals surface area contributed by atoms with Crippen LogP contribution in [0.25, 0.3) is 0 Å². The zero-order valence-corrected chi connectivity index (χ0v) is 15.1. The van der Waals surface area contributed by atoms with Gasteiger partial charge in [-0.25, -0.2) is 0 Å². The molecule has 0 aromatic heterocycles. The number of nitrogens with one attached hydrogen (secondary N) is 3. The molecule has 1 saturated carbocycles. The van der Waals surface area contributed by atoms with E-state index in [2.05, 4.69) is 38.8 Å². The maximum absolute atomic E-state index is 11.9. The molecule has 4 nitrogen and oxygen atoms in total. The average Bonchev–Trinajstić information content (AvgIpc) is 2.50. The first-order valence-corrected chi connectivity index (χ1v) is 8.85. The lowest BCUT2D eigenvalue weighted by Crippen LogP contribution is -2.47. The highest BCUT2D eigenvalue weighted by Crippen LogP contribution is 2.23. The fourth-order valence-corrected chi connectivity index (χ4v) is 3.28. The number of carbonyl (C=O) groups is 1. The van der Waals surface area contributed by atoms with Gasteiger partial charge in [-0.15, -0.1) is 0 Å². The van der Waals surface area contributed by atoms with Gasteiger partial charge in [0, 0.05) is 10.5 Å². The van der Waals surface area contributed by atoms with Crippen molar-refractivity contribution in [2.75, 3.05) is 11.9 Å². The van der Waals surface area contributed by atoms with E-state index in [1.54, 1.807) is 0 Å². The van der Waals surface area contributed by atoms with E-state index < -0.39 is 0 Å². The second kappa shape index (κ2) is 8.48. The lowest BCUT2D eigenvalue weighted by Gasteiger charge is -2.30. The van der Waals surface area contributed by atoms with Crippen LogP contribution in [0.1, 0.15) is 32.6 Å². The van der Waals surface area contributed by atoms with Gasteiger partial charge in [0.15, 0.2) is 5.11 Å². The SMILES string of the molecule is C[C@H]1CCCC[C@@H]1NC(=S)NCC(=O)Nc1ccccc1Br. The molecule has 1 aromatic carbocycles. The second-order valence-corrected chi connectivity index (χ2v) is 6.99. The molecule has 0 spiro atoms. The minimum atomic E-state index is -0.118. The fraction of sp³-hybridized carbons (Fsp3) is 0.500. The smallest absolute Gasteiger partial charge is 0.243 e. The first-order valence-electron chi connectivity index (χ1n) is 7.65. The molecule has 0 aliphatic heterocycles. The molecular formula is C16H22BrN3OS. The molecule has 1 amide bonds. The van der Waals surface area contributed by atoms with E-state index >= 15 is 0 Å². The standard InChI is InChI=1S/C16H22BrN3OS/c1-11-6-2-4-8-13(11)20-16(22)18-10-15(21)19-14-9-5-3-7-12(14)17/h3,5,7,9,11,13H,2,4,6,8,10H2,1H3,(H,19,21)(H2,18,20,22)/t11-,13-/m0/s1. The van der Waals surface area contributed by atoms with E-state index in [1.165, 1.54) is 19.3 Å². The zero-order chi connectivity index (χ0) is 15.9. The fourth-order valence-electron chi connectivity index (χ4n) is 2.67. The third-order valence-electron chi connectivity index (χ3n) is 3.99. The van der Waals surface area contributed by atoms with Crippen molar-refractivity contribution in [3.8, 4) is 0 Å². The van der Waals surface area contributed by atoms with Crippen molar-refractivity contribution in [3.05, 3.63) is 28.7 Å². The Bertz CT molecular complexity index is 538. The minimum absolute atomic E-state index is 0.118. The summed E-state index contributed by atoms with van der Waals surface area (Å²) in [5.74, 6) is 0.510. The average molecular weight is 384 g/mol. The maximum atomic E-state index is 11.9. The molecule has 3 N–H and O–H groups in total. The van der Waals surface area contributed by atoms with Crippen molar-refractivity contribution in [1.29, 1.82) is 0 Å². The van der Waals surface area contributed by atoms with Crippen LogP contribution < -0.4 is 16.0 Å². The molecule has 1 aromatic rings. The van der Waals surface area contributed by atoms with Gasteiger partial charge in [-0.3, -0.25) is 4.79 Å². The molecule has 6 heteroatoms. The highest BCUT2D eigenvalue weighted by molar-refractivity contribution is 9.10. The predicted octanol–water partition coefficient (Wildman–Crippen LogP) is 3.43. The highest BCUT2D eigenvalue weighted by Gasteiger charge is 2.21. The number of carbonyl (C=O) groups excluding carboxylic acids is 1. The van der Waals surface area contributed by atoms with Crippen molar-refractivity contribution >= 4 is 44.9 Å². The van der Waals surface area contributed by atoms with Gasteiger partial charge in [0.25, 0.3) is 0 Å². The molecule has 22 heavy (non-hydrogen) atoms. The van der Waals surface area contributed by atoms with Gasteiger partial charge in [-0.2, -0.15) is 0 Å². The highest BCUT2D eigenvalue weighted by atomic mass is 79.9. The molecular weight excluding hydrogens is 362 g/mol. The molecule has 0 heterocycles. The molecule has 0 radical (unpaired) electrons. The maximum Gasteiger partial charge on any atom is 0.243 e. The molecule has 2 rings (SSSR count). The van der Waals surface area contributed by atoms with Crippen LogP contribution in [0.5, 0.6) is 0 Å². The van der Waals surface area contributed by atoms with E-state index in [9.17, 15) is 4.79 Å². The molecule has 0 unspecified atom stereocenters. The summed E-state index contributed by atoms with van der Waals surface area (Å²) in [6.07, 6.45) is 4.93. The summed E-state index contributed by atoms with van der Waals surface area (Å²) in [5.41, 5.74) is 0.758. The Morgan fingerprint density at radius 1 is 1.32 bits per heavy atom. The topological polar surface area (TPSA) is 53.2 Å². The molecule has 0 saturated heterocycles. The van der Waals surface area contributed by atoms with Crippen molar-refractivity contribution < 1.29 is 4.79 Å². The van der Waals surface area contributed by atoms with Crippen LogP contribution in [0.2, 0.25) is 0 Å². The van der Waals surface area contributed by atoms with Crippen LogP contribution in [0.15, 0.2) is 28.7 Å².